The quantitative estimate of drug-likeness (QED) is 0.566. The van der Waals surface area contributed by atoms with Gasteiger partial charge in [0.25, 0.3) is 5.95 Å². The zero-order chi connectivity index (χ0) is 19.1. The van der Waals surface area contributed by atoms with E-state index in [4.69, 9.17) is 0 Å². The number of hydrogen-bond donors (Lipinski definition) is 0. The molecule has 1 aromatic heterocycles. The van der Waals surface area contributed by atoms with Crippen LogP contribution in [0.3, 0.4) is 0 Å². The summed E-state index contributed by atoms with van der Waals surface area (Å²) in [5.74, 6) is -9.41. The van der Waals surface area contributed by atoms with Gasteiger partial charge in [-0.25, -0.2) is 13.2 Å². The molecule has 0 aliphatic rings. The summed E-state index contributed by atoms with van der Waals surface area (Å²) < 4.78 is 131. The third-order valence-corrected chi connectivity index (χ3v) is 3.21. The molecule has 0 saturated carbocycles. The van der Waals surface area contributed by atoms with E-state index in [9.17, 15) is 43.9 Å². The van der Waals surface area contributed by atoms with Gasteiger partial charge in [0.1, 0.15) is 0 Å². The summed E-state index contributed by atoms with van der Waals surface area (Å²) in [6.45, 7) is 2.15. The summed E-state index contributed by atoms with van der Waals surface area (Å²) in [7, 11) is 0. The van der Waals surface area contributed by atoms with Crippen LogP contribution in [0.2, 0.25) is 0 Å². The van der Waals surface area contributed by atoms with Crippen molar-refractivity contribution in [3.8, 4) is 0 Å². The molecule has 0 aliphatic carbocycles. The second-order valence-corrected chi connectivity index (χ2v) is 4.56. The van der Waals surface area contributed by atoms with Gasteiger partial charge in [-0.1, -0.05) is 0 Å². The molecule has 0 unspecified atom stereocenters. The monoisotopic (exact) mass is 372 g/mol. The average Bonchev–Trinajstić information content (AvgIpc) is 2.43. The Kier molecular flexibility index (Phi) is 5.31. The first-order valence-corrected chi connectivity index (χ1v) is 6.36. The predicted molar refractivity (Wildman–Crippen MR) is 62.6 cm³/mol. The van der Waals surface area contributed by atoms with Crippen LogP contribution in [0.4, 0.5) is 49.7 Å². The molecular weight excluding hydrogens is 362 g/mol. The maximum atomic E-state index is 14.1. The first-order valence-electron chi connectivity index (χ1n) is 6.36. The van der Waals surface area contributed by atoms with Crippen molar-refractivity contribution >= 4 is 5.82 Å². The van der Waals surface area contributed by atoms with Gasteiger partial charge in [0.15, 0.2) is 17.5 Å². The molecular formula is C12H10F10N2. The maximum Gasteiger partial charge on any atom is 0.436 e. The van der Waals surface area contributed by atoms with Crippen molar-refractivity contribution in [2.75, 3.05) is 18.0 Å². The Hall–Kier alpha value is -1.75. The van der Waals surface area contributed by atoms with Gasteiger partial charge in [-0.05, 0) is 13.8 Å². The summed E-state index contributed by atoms with van der Waals surface area (Å²) in [6.07, 6.45) is -13.6. The highest BCUT2D eigenvalue weighted by atomic mass is 19.4. The van der Waals surface area contributed by atoms with E-state index >= 15 is 0 Å². The van der Waals surface area contributed by atoms with E-state index in [0.717, 1.165) is 0 Å². The largest absolute Gasteiger partial charge is 0.436 e. The molecule has 0 aromatic carbocycles. The van der Waals surface area contributed by atoms with Crippen molar-refractivity contribution in [2.24, 2.45) is 0 Å². The molecule has 0 spiro atoms. The molecule has 12 heteroatoms. The van der Waals surface area contributed by atoms with Gasteiger partial charge in [-0.15, -0.1) is 0 Å². The molecule has 0 aliphatic heterocycles. The summed E-state index contributed by atoms with van der Waals surface area (Å²) in [6, 6.07) is 0. The fourth-order valence-electron chi connectivity index (χ4n) is 1.98. The van der Waals surface area contributed by atoms with E-state index in [1.807, 2.05) is 0 Å². The number of pyridine rings is 1. The number of aromatic nitrogens is 1. The predicted octanol–water partition coefficient (Wildman–Crippen LogP) is 4.63. The highest BCUT2D eigenvalue weighted by Crippen LogP contribution is 2.55. The van der Waals surface area contributed by atoms with Crippen molar-refractivity contribution in [3.05, 3.63) is 23.1 Å². The van der Waals surface area contributed by atoms with Gasteiger partial charge >= 0.3 is 18.0 Å². The van der Waals surface area contributed by atoms with Crippen LogP contribution in [0, 0.1) is 17.6 Å². The van der Waals surface area contributed by atoms with Crippen LogP contribution in [0.15, 0.2) is 0 Å². The molecule has 0 radical (unpaired) electrons. The Balaban J connectivity index is 3.93. The fourth-order valence-corrected chi connectivity index (χ4v) is 1.98. The summed E-state index contributed by atoms with van der Waals surface area (Å²) >= 11 is 0. The van der Waals surface area contributed by atoms with Crippen LogP contribution in [0.5, 0.6) is 0 Å². The second kappa shape index (κ2) is 6.28. The molecule has 0 amide bonds. The lowest BCUT2D eigenvalue weighted by Crippen LogP contribution is -2.52. The average molecular weight is 372 g/mol. The molecule has 2 nitrogen and oxygen atoms in total. The van der Waals surface area contributed by atoms with E-state index < -0.39 is 47.0 Å². The van der Waals surface area contributed by atoms with Crippen LogP contribution < -0.4 is 4.90 Å². The van der Waals surface area contributed by atoms with E-state index in [0.29, 0.717) is 4.90 Å². The van der Waals surface area contributed by atoms with Crippen molar-refractivity contribution in [1.29, 1.82) is 0 Å². The molecule has 0 atom stereocenters. The Morgan fingerprint density at radius 3 is 1.54 bits per heavy atom. The summed E-state index contributed by atoms with van der Waals surface area (Å²) in [5, 5.41) is 0. The number of hydrogen-bond acceptors (Lipinski definition) is 2. The van der Waals surface area contributed by atoms with Gasteiger partial charge in [0.05, 0.1) is 5.56 Å². The van der Waals surface area contributed by atoms with Gasteiger partial charge < -0.3 is 4.90 Å². The molecule has 24 heavy (non-hydrogen) atoms. The molecule has 1 rings (SSSR count). The first kappa shape index (κ1) is 20.3. The standard InChI is InChI=1S/C12H10F10N2/c1-3-24(4-2)9-7(14)5(6(13)8(15)23-9)10(16,11(17,18)19)12(20,21)22/h3-4H2,1-2H3. The normalized spacial score (nSPS) is 13.3. The minimum absolute atomic E-state index is 0.220. The summed E-state index contributed by atoms with van der Waals surface area (Å²) in [4.78, 5) is 3.36. The zero-order valence-electron chi connectivity index (χ0n) is 12.1. The Morgan fingerprint density at radius 1 is 0.792 bits per heavy atom. The van der Waals surface area contributed by atoms with E-state index in [-0.39, 0.29) is 13.1 Å². The molecule has 0 fully saturated rings. The fraction of sp³-hybridized carbons (Fsp3) is 0.583. The number of alkyl halides is 7. The topological polar surface area (TPSA) is 16.1 Å². The van der Waals surface area contributed by atoms with Crippen molar-refractivity contribution in [2.45, 2.75) is 31.9 Å². The number of anilines is 1. The highest BCUT2D eigenvalue weighted by molar-refractivity contribution is 5.46. The van der Waals surface area contributed by atoms with E-state index in [1.165, 1.54) is 13.8 Å². The summed E-state index contributed by atoms with van der Waals surface area (Å²) in [5.41, 5.74) is -9.57. The SMILES string of the molecule is CCN(CC)c1nc(F)c(F)c(C(F)(C(F)(F)F)C(F)(F)F)c1F. The molecule has 1 aromatic rings. The number of nitrogens with zero attached hydrogens (tertiary/aromatic N) is 2. The maximum absolute atomic E-state index is 14.1. The smallest absolute Gasteiger partial charge is 0.355 e. The minimum atomic E-state index is -6.79. The van der Waals surface area contributed by atoms with Crippen LogP contribution in [0.1, 0.15) is 19.4 Å². The zero-order valence-corrected chi connectivity index (χ0v) is 12.1. The molecule has 1 heterocycles. The minimum Gasteiger partial charge on any atom is -0.355 e. The van der Waals surface area contributed by atoms with Crippen molar-refractivity contribution in [1.82, 2.24) is 4.98 Å². The van der Waals surface area contributed by atoms with Gasteiger partial charge in [0, 0.05) is 13.1 Å². The Morgan fingerprint density at radius 2 is 1.21 bits per heavy atom. The molecule has 138 valence electrons. The van der Waals surface area contributed by atoms with Gasteiger partial charge in [-0.3, -0.25) is 0 Å². The van der Waals surface area contributed by atoms with Crippen molar-refractivity contribution in [3.63, 3.8) is 0 Å². The third kappa shape index (κ3) is 2.97. The third-order valence-electron chi connectivity index (χ3n) is 3.21. The highest BCUT2D eigenvalue weighted by Gasteiger charge is 2.75. The van der Waals surface area contributed by atoms with Crippen LogP contribution >= 0.6 is 0 Å². The second-order valence-electron chi connectivity index (χ2n) is 4.56. The lowest BCUT2D eigenvalue weighted by atomic mass is 9.93. The first-order chi connectivity index (χ1) is 10.7. The van der Waals surface area contributed by atoms with Crippen LogP contribution in [-0.4, -0.2) is 30.4 Å². The van der Waals surface area contributed by atoms with E-state index in [1.54, 1.807) is 0 Å². The Labute approximate surface area is 129 Å². The van der Waals surface area contributed by atoms with Gasteiger partial charge in [-0.2, -0.15) is 35.7 Å². The van der Waals surface area contributed by atoms with Crippen molar-refractivity contribution < 1.29 is 43.9 Å². The van der Waals surface area contributed by atoms with Gasteiger partial charge in [0.2, 0.25) is 0 Å². The number of rotatable bonds is 4. The van der Waals surface area contributed by atoms with E-state index in [2.05, 4.69) is 4.98 Å². The Bertz CT molecular complexity index is 589. The van der Waals surface area contributed by atoms with Crippen LogP contribution in [0.25, 0.3) is 0 Å². The molecule has 0 bridgehead atoms. The molecule has 0 saturated heterocycles. The lowest BCUT2D eigenvalue weighted by Gasteiger charge is -2.32. The number of halogens is 10. The lowest BCUT2D eigenvalue weighted by molar-refractivity contribution is -0.350. The molecule has 0 N–H and O–H groups in total. The van der Waals surface area contributed by atoms with Crippen LogP contribution in [-0.2, 0) is 5.67 Å².